The summed E-state index contributed by atoms with van der Waals surface area (Å²) >= 11 is 0. The molecule has 1 aromatic carbocycles. The second-order valence-corrected chi connectivity index (χ2v) is 10.5. The SMILES string of the molecule is CN1CCC(c2ccc(Nc3nc(N4CCCCC4)cnc3C(N)=O)cc2)CC1.NC(=O)N1CCCCC1. The number of carbonyl (C=O) groups excluding carboxylic acids is 2. The van der Waals surface area contributed by atoms with Gasteiger partial charge in [0, 0.05) is 31.9 Å². The molecule has 0 saturated carbocycles. The average molecular weight is 523 g/mol. The molecule has 0 aliphatic carbocycles. The Hall–Kier alpha value is -3.40. The molecule has 4 heterocycles. The zero-order valence-corrected chi connectivity index (χ0v) is 22.6. The minimum absolute atomic E-state index is 0.171. The normalized spacial score (nSPS) is 18.9. The quantitative estimate of drug-likeness (QED) is 0.545. The molecule has 3 saturated heterocycles. The minimum Gasteiger partial charge on any atom is -0.364 e. The fraction of sp³-hybridized carbons (Fsp3) is 0.571. The first-order valence-corrected chi connectivity index (χ1v) is 13.9. The van der Waals surface area contributed by atoms with Gasteiger partial charge in [-0.2, -0.15) is 0 Å². The number of hydrogen-bond donors (Lipinski definition) is 3. The van der Waals surface area contributed by atoms with Gasteiger partial charge in [-0.3, -0.25) is 4.79 Å². The maximum atomic E-state index is 11.8. The fourth-order valence-electron chi connectivity index (χ4n) is 5.35. The van der Waals surface area contributed by atoms with Gasteiger partial charge in [0.15, 0.2) is 11.5 Å². The Morgan fingerprint density at radius 1 is 0.868 bits per heavy atom. The van der Waals surface area contributed by atoms with Crippen LogP contribution in [0.1, 0.15) is 73.3 Å². The molecular formula is C28H42N8O2. The number of nitrogens with zero attached hydrogens (tertiary/aromatic N) is 5. The number of nitrogens with two attached hydrogens (primary N) is 2. The predicted octanol–water partition coefficient (Wildman–Crippen LogP) is 3.67. The number of amides is 3. The first-order chi connectivity index (χ1) is 18.4. The van der Waals surface area contributed by atoms with Gasteiger partial charge >= 0.3 is 6.03 Å². The number of anilines is 3. The Labute approximate surface area is 225 Å². The van der Waals surface area contributed by atoms with E-state index in [1.54, 1.807) is 11.1 Å². The Kier molecular flexibility index (Phi) is 9.75. The van der Waals surface area contributed by atoms with E-state index in [0.29, 0.717) is 11.7 Å². The van der Waals surface area contributed by atoms with Crippen molar-refractivity contribution in [2.24, 2.45) is 11.5 Å². The zero-order valence-electron chi connectivity index (χ0n) is 22.6. The number of likely N-dealkylation sites (tertiary alicyclic amines) is 2. The molecule has 3 amide bonds. The number of aromatic nitrogens is 2. The van der Waals surface area contributed by atoms with E-state index in [1.807, 2.05) is 12.1 Å². The van der Waals surface area contributed by atoms with E-state index in [9.17, 15) is 9.59 Å². The number of hydrogen-bond acceptors (Lipinski definition) is 7. The highest BCUT2D eigenvalue weighted by Crippen LogP contribution is 2.29. The van der Waals surface area contributed by atoms with Crippen LogP contribution in [-0.2, 0) is 0 Å². The van der Waals surface area contributed by atoms with E-state index in [-0.39, 0.29) is 11.7 Å². The van der Waals surface area contributed by atoms with Crippen LogP contribution in [0.3, 0.4) is 0 Å². The summed E-state index contributed by atoms with van der Waals surface area (Å²) in [5.74, 6) is 1.25. The molecule has 3 fully saturated rings. The van der Waals surface area contributed by atoms with E-state index >= 15 is 0 Å². The maximum absolute atomic E-state index is 11.8. The summed E-state index contributed by atoms with van der Waals surface area (Å²) in [6, 6.07) is 8.17. The third-order valence-electron chi connectivity index (χ3n) is 7.70. The van der Waals surface area contributed by atoms with Gasteiger partial charge in [-0.15, -0.1) is 0 Å². The van der Waals surface area contributed by atoms with Gasteiger partial charge in [0.25, 0.3) is 5.91 Å². The van der Waals surface area contributed by atoms with Crippen molar-refractivity contribution >= 4 is 29.3 Å². The largest absolute Gasteiger partial charge is 0.364 e. The molecule has 5 rings (SSSR count). The Balaban J connectivity index is 0.000000317. The third kappa shape index (κ3) is 7.56. The fourth-order valence-corrected chi connectivity index (χ4v) is 5.35. The van der Waals surface area contributed by atoms with E-state index < -0.39 is 5.91 Å². The monoisotopic (exact) mass is 522 g/mol. The molecule has 1 aromatic heterocycles. The molecular weight excluding hydrogens is 480 g/mol. The summed E-state index contributed by atoms with van der Waals surface area (Å²) in [7, 11) is 2.18. The summed E-state index contributed by atoms with van der Waals surface area (Å²) in [6.07, 6.45) is 11.1. The van der Waals surface area contributed by atoms with Crippen molar-refractivity contribution in [1.82, 2.24) is 19.8 Å². The standard InChI is InChI=1S/C22H30N6O.C6H12N2O/c1-27-13-9-17(10-14-27)16-5-7-18(8-6-16)25-22-20(21(23)29)24-15-19(26-22)28-11-3-2-4-12-28;7-6(9)8-4-2-1-3-5-8/h5-8,15,17H,2-4,9-14H2,1H3,(H2,23,29)(H,25,26);1-5H2,(H2,7,9). The second kappa shape index (κ2) is 13.4. The Morgan fingerprint density at radius 2 is 1.47 bits per heavy atom. The van der Waals surface area contributed by atoms with Crippen LogP contribution in [0.15, 0.2) is 30.5 Å². The summed E-state index contributed by atoms with van der Waals surface area (Å²) in [5, 5.41) is 3.26. The third-order valence-corrected chi connectivity index (χ3v) is 7.70. The van der Waals surface area contributed by atoms with Crippen LogP contribution in [0.5, 0.6) is 0 Å². The maximum Gasteiger partial charge on any atom is 0.314 e. The van der Waals surface area contributed by atoms with Crippen molar-refractivity contribution in [3.63, 3.8) is 0 Å². The van der Waals surface area contributed by atoms with Gasteiger partial charge in [0.05, 0.1) is 6.20 Å². The highest BCUT2D eigenvalue weighted by Gasteiger charge is 2.20. The number of benzene rings is 1. The van der Waals surface area contributed by atoms with Crippen molar-refractivity contribution < 1.29 is 9.59 Å². The summed E-state index contributed by atoms with van der Waals surface area (Å²) < 4.78 is 0. The van der Waals surface area contributed by atoms with E-state index in [0.717, 1.165) is 76.5 Å². The lowest BCUT2D eigenvalue weighted by molar-refractivity contribution is 0.0996. The van der Waals surface area contributed by atoms with Crippen LogP contribution in [0, 0.1) is 0 Å². The highest BCUT2D eigenvalue weighted by atomic mass is 16.2. The second-order valence-electron chi connectivity index (χ2n) is 10.5. The topological polar surface area (TPSA) is 134 Å². The molecule has 2 aromatic rings. The van der Waals surface area contributed by atoms with Gasteiger partial charge in [0.1, 0.15) is 5.82 Å². The van der Waals surface area contributed by atoms with E-state index in [1.165, 1.54) is 31.2 Å². The molecule has 10 heteroatoms. The van der Waals surface area contributed by atoms with Crippen molar-refractivity contribution in [2.45, 2.75) is 57.3 Å². The van der Waals surface area contributed by atoms with Gasteiger partial charge in [0.2, 0.25) is 0 Å². The molecule has 38 heavy (non-hydrogen) atoms. The van der Waals surface area contributed by atoms with Gasteiger partial charge in [-0.1, -0.05) is 12.1 Å². The molecule has 0 radical (unpaired) electrons. The lowest BCUT2D eigenvalue weighted by Crippen LogP contribution is -2.39. The van der Waals surface area contributed by atoms with Crippen LogP contribution >= 0.6 is 0 Å². The average Bonchev–Trinajstić information content (AvgIpc) is 2.95. The van der Waals surface area contributed by atoms with Crippen molar-refractivity contribution in [2.75, 3.05) is 56.5 Å². The van der Waals surface area contributed by atoms with Crippen LogP contribution in [0.25, 0.3) is 0 Å². The Bertz CT molecular complexity index is 1060. The zero-order chi connectivity index (χ0) is 26.9. The van der Waals surface area contributed by atoms with Crippen LogP contribution < -0.4 is 21.7 Å². The molecule has 0 unspecified atom stereocenters. The number of carbonyl (C=O) groups is 2. The number of nitrogens with one attached hydrogen (secondary N) is 1. The Morgan fingerprint density at radius 3 is 2.03 bits per heavy atom. The summed E-state index contributed by atoms with van der Waals surface area (Å²) in [4.78, 5) is 37.6. The molecule has 0 spiro atoms. The number of rotatable bonds is 5. The molecule has 206 valence electrons. The van der Waals surface area contributed by atoms with Crippen LogP contribution in [0.2, 0.25) is 0 Å². The number of piperidine rings is 3. The first-order valence-electron chi connectivity index (χ1n) is 13.9. The molecule has 0 atom stereocenters. The van der Waals surface area contributed by atoms with Crippen LogP contribution in [-0.4, -0.2) is 78.0 Å². The van der Waals surface area contributed by atoms with Crippen LogP contribution in [0.4, 0.5) is 22.1 Å². The predicted molar refractivity (Wildman–Crippen MR) is 151 cm³/mol. The number of urea groups is 1. The number of primary amides is 2. The van der Waals surface area contributed by atoms with Crippen molar-refractivity contribution in [3.05, 3.63) is 41.7 Å². The van der Waals surface area contributed by atoms with Gasteiger partial charge in [-0.05, 0) is 95.1 Å². The minimum atomic E-state index is -0.576. The molecule has 5 N–H and O–H groups in total. The summed E-state index contributed by atoms with van der Waals surface area (Å²) in [6.45, 7) is 5.94. The molecule has 3 aliphatic heterocycles. The molecule has 3 aliphatic rings. The van der Waals surface area contributed by atoms with E-state index in [2.05, 4.69) is 44.3 Å². The lowest BCUT2D eigenvalue weighted by atomic mass is 9.89. The summed E-state index contributed by atoms with van der Waals surface area (Å²) in [5.41, 5.74) is 13.0. The van der Waals surface area contributed by atoms with Crippen molar-refractivity contribution in [3.8, 4) is 0 Å². The lowest BCUT2D eigenvalue weighted by Gasteiger charge is -2.29. The molecule has 10 nitrogen and oxygen atoms in total. The highest BCUT2D eigenvalue weighted by molar-refractivity contribution is 5.96. The van der Waals surface area contributed by atoms with Gasteiger partial charge < -0.3 is 31.5 Å². The molecule has 0 bridgehead atoms. The van der Waals surface area contributed by atoms with E-state index in [4.69, 9.17) is 11.5 Å². The van der Waals surface area contributed by atoms with Gasteiger partial charge in [-0.25, -0.2) is 14.8 Å². The smallest absolute Gasteiger partial charge is 0.314 e. The van der Waals surface area contributed by atoms with Crippen molar-refractivity contribution in [1.29, 1.82) is 0 Å². The first kappa shape index (κ1) is 27.6.